The average molecular weight is 313 g/mol. The van der Waals surface area contributed by atoms with E-state index in [4.69, 9.17) is 5.73 Å². The summed E-state index contributed by atoms with van der Waals surface area (Å²) < 4.78 is 13.5. The zero-order valence-corrected chi connectivity index (χ0v) is 9.77. The van der Waals surface area contributed by atoms with Gasteiger partial charge in [-0.25, -0.2) is 4.39 Å². The van der Waals surface area contributed by atoms with E-state index in [9.17, 15) is 9.50 Å². The Kier molecular flexibility index (Phi) is 3.70. The van der Waals surface area contributed by atoms with Gasteiger partial charge >= 0.3 is 0 Å². The Morgan fingerprint density at radius 1 is 1.46 bits per heavy atom. The van der Waals surface area contributed by atoms with Crippen LogP contribution in [0.25, 0.3) is 0 Å². The number of alkyl halides is 1. The van der Waals surface area contributed by atoms with Crippen LogP contribution in [0.2, 0.25) is 0 Å². The van der Waals surface area contributed by atoms with Gasteiger partial charge in [0.2, 0.25) is 0 Å². The monoisotopic (exact) mass is 311 g/mol. The van der Waals surface area contributed by atoms with Crippen LogP contribution in [0, 0.1) is 0 Å². The molecule has 0 radical (unpaired) electrons. The van der Waals surface area contributed by atoms with Crippen molar-refractivity contribution in [1.82, 2.24) is 0 Å². The van der Waals surface area contributed by atoms with Crippen LogP contribution in [-0.4, -0.2) is 11.8 Å². The number of benzene rings is 1. The Morgan fingerprint density at radius 2 is 2.08 bits per heavy atom. The van der Waals surface area contributed by atoms with Gasteiger partial charge in [0, 0.05) is 10.0 Å². The predicted molar refractivity (Wildman–Crippen MR) is 56.4 cm³/mol. The van der Waals surface area contributed by atoms with Gasteiger partial charge in [-0.1, -0.05) is 15.9 Å². The molecule has 0 amide bonds. The summed E-state index contributed by atoms with van der Waals surface area (Å²) in [6.45, 7) is -0.698. The van der Waals surface area contributed by atoms with E-state index in [-0.39, 0.29) is 5.75 Å². The zero-order valence-electron chi connectivity index (χ0n) is 6.60. The highest BCUT2D eigenvalue weighted by molar-refractivity contribution is 9.11. The third-order valence-electron chi connectivity index (χ3n) is 1.62. The Hall–Kier alpha value is -0.130. The van der Waals surface area contributed by atoms with Crippen LogP contribution in [0.3, 0.4) is 0 Å². The standard InChI is InChI=1S/C8H8Br2FNO/c9-4-1-5(7(12)3-11)8(13)6(10)2-4/h1-2,7,13H,3,12H2/t7-/m1/s1. The lowest BCUT2D eigenvalue weighted by Crippen LogP contribution is -2.12. The molecule has 0 bridgehead atoms. The summed E-state index contributed by atoms with van der Waals surface area (Å²) in [7, 11) is 0. The molecular weight excluding hydrogens is 305 g/mol. The average Bonchev–Trinajstić information content (AvgIpc) is 2.10. The van der Waals surface area contributed by atoms with Gasteiger partial charge in [-0.3, -0.25) is 0 Å². The highest BCUT2D eigenvalue weighted by atomic mass is 79.9. The fourth-order valence-electron chi connectivity index (χ4n) is 0.952. The van der Waals surface area contributed by atoms with E-state index in [2.05, 4.69) is 31.9 Å². The first-order valence-electron chi connectivity index (χ1n) is 3.55. The van der Waals surface area contributed by atoms with E-state index in [1.165, 1.54) is 0 Å². The zero-order chi connectivity index (χ0) is 10.0. The Bertz CT molecular complexity index is 319. The molecule has 1 aromatic rings. The van der Waals surface area contributed by atoms with Crippen molar-refractivity contribution in [2.45, 2.75) is 6.04 Å². The second-order valence-electron chi connectivity index (χ2n) is 2.59. The van der Waals surface area contributed by atoms with Gasteiger partial charge < -0.3 is 10.8 Å². The Balaban J connectivity index is 3.20. The Labute approximate surface area is 92.2 Å². The number of aromatic hydroxyl groups is 1. The van der Waals surface area contributed by atoms with Crippen molar-refractivity contribution in [3.8, 4) is 5.75 Å². The van der Waals surface area contributed by atoms with Crippen LogP contribution in [0.15, 0.2) is 21.1 Å². The van der Waals surface area contributed by atoms with Crippen LogP contribution in [0.5, 0.6) is 5.75 Å². The predicted octanol–water partition coefficient (Wildman–Crippen LogP) is 2.89. The lowest BCUT2D eigenvalue weighted by atomic mass is 10.1. The molecule has 72 valence electrons. The van der Waals surface area contributed by atoms with Crippen molar-refractivity contribution in [3.05, 3.63) is 26.6 Å². The summed E-state index contributed by atoms with van der Waals surface area (Å²) in [5, 5.41) is 9.51. The van der Waals surface area contributed by atoms with Crippen LogP contribution in [0.1, 0.15) is 11.6 Å². The van der Waals surface area contributed by atoms with Crippen molar-refractivity contribution in [2.75, 3.05) is 6.67 Å². The van der Waals surface area contributed by atoms with E-state index >= 15 is 0 Å². The van der Waals surface area contributed by atoms with Crippen molar-refractivity contribution >= 4 is 31.9 Å². The molecule has 1 rings (SSSR count). The lowest BCUT2D eigenvalue weighted by molar-refractivity contribution is 0.413. The quantitative estimate of drug-likeness (QED) is 0.882. The molecule has 0 aliphatic rings. The molecule has 0 saturated carbocycles. The number of hydrogen-bond donors (Lipinski definition) is 2. The van der Waals surface area contributed by atoms with E-state index in [0.29, 0.717) is 10.0 Å². The van der Waals surface area contributed by atoms with Crippen molar-refractivity contribution in [3.63, 3.8) is 0 Å². The first-order valence-corrected chi connectivity index (χ1v) is 5.14. The van der Waals surface area contributed by atoms with Gasteiger partial charge in [0.15, 0.2) is 0 Å². The van der Waals surface area contributed by atoms with Gasteiger partial charge in [0.05, 0.1) is 10.5 Å². The van der Waals surface area contributed by atoms with Crippen LogP contribution in [0.4, 0.5) is 4.39 Å². The molecule has 0 aromatic heterocycles. The molecule has 5 heteroatoms. The molecule has 0 spiro atoms. The van der Waals surface area contributed by atoms with Crippen molar-refractivity contribution in [2.24, 2.45) is 5.73 Å². The summed E-state index contributed by atoms with van der Waals surface area (Å²) in [4.78, 5) is 0. The topological polar surface area (TPSA) is 46.2 Å². The highest BCUT2D eigenvalue weighted by Gasteiger charge is 2.13. The molecule has 0 saturated heterocycles. The van der Waals surface area contributed by atoms with E-state index in [1.807, 2.05) is 0 Å². The van der Waals surface area contributed by atoms with Crippen LogP contribution >= 0.6 is 31.9 Å². The molecule has 0 aliphatic heterocycles. The number of phenols is 1. The summed E-state index contributed by atoms with van der Waals surface area (Å²) in [5.41, 5.74) is 5.85. The molecule has 2 nitrogen and oxygen atoms in total. The summed E-state index contributed by atoms with van der Waals surface area (Å²) in [5.74, 6) is -0.00616. The fraction of sp³-hybridized carbons (Fsp3) is 0.250. The highest BCUT2D eigenvalue weighted by Crippen LogP contribution is 2.34. The first-order chi connectivity index (χ1) is 6.06. The summed E-state index contributed by atoms with van der Waals surface area (Å²) in [6.07, 6.45) is 0. The maximum atomic E-state index is 12.2. The number of rotatable bonds is 2. The second kappa shape index (κ2) is 4.39. The molecular formula is C8H8Br2FNO. The molecule has 13 heavy (non-hydrogen) atoms. The van der Waals surface area contributed by atoms with Crippen LogP contribution in [-0.2, 0) is 0 Å². The van der Waals surface area contributed by atoms with E-state index in [0.717, 1.165) is 4.47 Å². The fourth-order valence-corrected chi connectivity index (χ4v) is 2.21. The minimum Gasteiger partial charge on any atom is -0.506 e. The van der Waals surface area contributed by atoms with Gasteiger partial charge in [-0.15, -0.1) is 0 Å². The molecule has 0 unspecified atom stereocenters. The SMILES string of the molecule is N[C@H](CF)c1cc(Br)cc(Br)c1O. The summed E-state index contributed by atoms with van der Waals surface area (Å²) in [6, 6.07) is 2.49. The Morgan fingerprint density at radius 3 is 2.62 bits per heavy atom. The maximum Gasteiger partial charge on any atom is 0.134 e. The smallest absolute Gasteiger partial charge is 0.134 e. The first kappa shape index (κ1) is 10.9. The molecule has 0 fully saturated rings. The number of nitrogens with two attached hydrogens (primary N) is 1. The van der Waals surface area contributed by atoms with Gasteiger partial charge in [0.25, 0.3) is 0 Å². The number of phenolic OH excluding ortho intramolecular Hbond substituents is 1. The largest absolute Gasteiger partial charge is 0.506 e. The third kappa shape index (κ3) is 2.42. The van der Waals surface area contributed by atoms with E-state index in [1.54, 1.807) is 12.1 Å². The normalized spacial score (nSPS) is 12.9. The molecule has 3 N–H and O–H groups in total. The third-order valence-corrected chi connectivity index (χ3v) is 2.69. The molecule has 1 aromatic carbocycles. The number of halogens is 3. The molecule has 0 heterocycles. The summed E-state index contributed by atoms with van der Waals surface area (Å²) >= 11 is 6.36. The van der Waals surface area contributed by atoms with E-state index < -0.39 is 12.7 Å². The van der Waals surface area contributed by atoms with Crippen LogP contribution < -0.4 is 5.73 Å². The van der Waals surface area contributed by atoms with Crippen molar-refractivity contribution < 1.29 is 9.50 Å². The van der Waals surface area contributed by atoms with Gasteiger partial charge in [-0.05, 0) is 28.1 Å². The van der Waals surface area contributed by atoms with Gasteiger partial charge in [0.1, 0.15) is 12.4 Å². The maximum absolute atomic E-state index is 12.2. The molecule has 0 aliphatic carbocycles. The minimum absolute atomic E-state index is 0.00616. The number of hydrogen-bond acceptors (Lipinski definition) is 2. The van der Waals surface area contributed by atoms with Gasteiger partial charge in [-0.2, -0.15) is 0 Å². The lowest BCUT2D eigenvalue weighted by Gasteiger charge is -2.11. The molecule has 1 atom stereocenters. The second-order valence-corrected chi connectivity index (χ2v) is 4.36. The van der Waals surface area contributed by atoms with Crippen molar-refractivity contribution in [1.29, 1.82) is 0 Å². The minimum atomic E-state index is -0.784.